The van der Waals surface area contributed by atoms with Crippen molar-refractivity contribution in [2.45, 2.75) is 19.4 Å². The van der Waals surface area contributed by atoms with E-state index in [1.807, 2.05) is 24.3 Å². The van der Waals surface area contributed by atoms with E-state index in [1.165, 1.54) is 11.8 Å². The van der Waals surface area contributed by atoms with Gasteiger partial charge in [0.25, 0.3) is 0 Å². The number of hydrogen-bond acceptors (Lipinski definition) is 6. The van der Waals surface area contributed by atoms with Gasteiger partial charge in [-0.3, -0.25) is 19.3 Å². The molecule has 2 aliphatic carbocycles. The van der Waals surface area contributed by atoms with Crippen LogP contribution in [0.5, 0.6) is 5.75 Å². The zero-order valence-corrected chi connectivity index (χ0v) is 17.9. The zero-order valence-electron chi connectivity index (χ0n) is 17.1. The minimum Gasteiger partial charge on any atom is -0.427 e. The summed E-state index contributed by atoms with van der Waals surface area (Å²) in [7, 11) is 0. The summed E-state index contributed by atoms with van der Waals surface area (Å²) in [6.45, 7) is 1.32. The van der Waals surface area contributed by atoms with E-state index in [9.17, 15) is 14.4 Å². The highest BCUT2D eigenvalue weighted by Crippen LogP contribution is 2.62. The first-order chi connectivity index (χ1) is 15.4. The number of imide groups is 1. The highest BCUT2D eigenvalue weighted by molar-refractivity contribution is 6.30. The SMILES string of the molecule is CC(=O)Oc1ccc(N2C(=O)[C@@H]3[C@H]4C[C@H]([C@@H]5ON=C(c6ccc(Cl)cc6)[C@H]45)[C@@H]3C2=O)cc1. The molecule has 32 heavy (non-hydrogen) atoms. The number of hydrogen-bond donors (Lipinski definition) is 0. The van der Waals surface area contributed by atoms with E-state index < -0.39 is 5.97 Å². The molecule has 3 fully saturated rings. The fourth-order valence-electron chi connectivity index (χ4n) is 6.07. The van der Waals surface area contributed by atoms with Gasteiger partial charge in [0, 0.05) is 23.8 Å². The molecule has 7 nitrogen and oxygen atoms in total. The van der Waals surface area contributed by atoms with Crippen molar-refractivity contribution in [3.05, 3.63) is 59.1 Å². The minimum absolute atomic E-state index is 0.00805. The molecule has 2 aromatic carbocycles. The monoisotopic (exact) mass is 450 g/mol. The number of carbonyl (C=O) groups is 3. The molecule has 8 heteroatoms. The van der Waals surface area contributed by atoms with Gasteiger partial charge in [0.05, 0.1) is 23.2 Å². The molecule has 0 radical (unpaired) electrons. The summed E-state index contributed by atoms with van der Waals surface area (Å²) in [6.07, 6.45) is 0.600. The fourth-order valence-corrected chi connectivity index (χ4v) is 6.19. The third-order valence-electron chi connectivity index (χ3n) is 7.19. The molecule has 6 atom stereocenters. The topological polar surface area (TPSA) is 85.3 Å². The van der Waals surface area contributed by atoms with Crippen LogP contribution in [-0.2, 0) is 19.2 Å². The molecule has 2 amide bonds. The predicted octanol–water partition coefficient (Wildman–Crippen LogP) is 3.44. The quantitative estimate of drug-likeness (QED) is 0.406. The molecule has 2 aromatic rings. The number of halogens is 1. The van der Waals surface area contributed by atoms with E-state index >= 15 is 0 Å². The number of nitrogens with zero attached hydrogens (tertiary/aromatic N) is 2. The van der Waals surface area contributed by atoms with E-state index in [1.54, 1.807) is 24.3 Å². The number of rotatable bonds is 3. The largest absolute Gasteiger partial charge is 0.427 e. The van der Waals surface area contributed by atoms with Gasteiger partial charge in [-0.05, 0) is 54.3 Å². The van der Waals surface area contributed by atoms with Crippen molar-refractivity contribution >= 4 is 40.8 Å². The third-order valence-corrected chi connectivity index (χ3v) is 7.44. The Hall–Kier alpha value is -3.19. The summed E-state index contributed by atoms with van der Waals surface area (Å²) in [5, 5.41) is 4.99. The summed E-state index contributed by atoms with van der Waals surface area (Å²) < 4.78 is 5.05. The fraction of sp³-hybridized carbons (Fsp3) is 0.333. The molecule has 2 saturated carbocycles. The van der Waals surface area contributed by atoms with Crippen LogP contribution in [0.4, 0.5) is 5.69 Å². The average molecular weight is 451 g/mol. The molecular weight excluding hydrogens is 432 g/mol. The molecule has 2 bridgehead atoms. The van der Waals surface area contributed by atoms with E-state index in [0.717, 1.165) is 17.7 Å². The molecule has 6 rings (SSSR count). The third kappa shape index (κ3) is 2.67. The number of carbonyl (C=O) groups excluding carboxylic acids is 3. The van der Waals surface area contributed by atoms with Gasteiger partial charge in [-0.25, -0.2) is 0 Å². The predicted molar refractivity (Wildman–Crippen MR) is 115 cm³/mol. The maximum atomic E-state index is 13.4. The van der Waals surface area contributed by atoms with Crippen molar-refractivity contribution in [1.82, 2.24) is 0 Å². The number of oxime groups is 1. The van der Waals surface area contributed by atoms with Crippen LogP contribution in [0.15, 0.2) is 53.7 Å². The van der Waals surface area contributed by atoms with Crippen LogP contribution in [0.3, 0.4) is 0 Å². The lowest BCUT2D eigenvalue weighted by Gasteiger charge is -2.29. The Morgan fingerprint density at radius 3 is 2.31 bits per heavy atom. The Morgan fingerprint density at radius 1 is 1.00 bits per heavy atom. The van der Waals surface area contributed by atoms with Crippen LogP contribution >= 0.6 is 11.6 Å². The van der Waals surface area contributed by atoms with Crippen LogP contribution < -0.4 is 9.64 Å². The summed E-state index contributed by atoms with van der Waals surface area (Å²) >= 11 is 6.03. The number of fused-ring (bicyclic) bond motifs is 8. The maximum Gasteiger partial charge on any atom is 0.308 e. The van der Waals surface area contributed by atoms with Gasteiger partial charge in [-0.1, -0.05) is 28.9 Å². The Kier molecular flexibility index (Phi) is 4.21. The van der Waals surface area contributed by atoms with Gasteiger partial charge < -0.3 is 9.57 Å². The molecule has 162 valence electrons. The first-order valence-electron chi connectivity index (χ1n) is 10.6. The van der Waals surface area contributed by atoms with Crippen molar-refractivity contribution in [3.63, 3.8) is 0 Å². The van der Waals surface area contributed by atoms with Crippen LogP contribution in [0.2, 0.25) is 5.02 Å². The Labute approximate surface area is 188 Å². The van der Waals surface area contributed by atoms with Gasteiger partial charge >= 0.3 is 5.97 Å². The first-order valence-corrected chi connectivity index (χ1v) is 11.0. The van der Waals surface area contributed by atoms with Gasteiger partial charge in [-0.15, -0.1) is 0 Å². The van der Waals surface area contributed by atoms with Crippen LogP contribution in [0, 0.1) is 29.6 Å². The summed E-state index contributed by atoms with van der Waals surface area (Å²) in [5.74, 6) is -1.22. The smallest absolute Gasteiger partial charge is 0.308 e. The van der Waals surface area contributed by atoms with E-state index in [2.05, 4.69) is 5.16 Å². The number of amides is 2. The van der Waals surface area contributed by atoms with Crippen molar-refractivity contribution in [2.75, 3.05) is 4.90 Å². The Morgan fingerprint density at radius 2 is 1.66 bits per heavy atom. The lowest BCUT2D eigenvalue weighted by molar-refractivity contribution is -0.132. The number of ether oxygens (including phenoxy) is 1. The van der Waals surface area contributed by atoms with Gasteiger partial charge in [0.1, 0.15) is 11.9 Å². The molecule has 2 aliphatic heterocycles. The first kappa shape index (κ1) is 19.5. The molecule has 4 aliphatic rings. The van der Waals surface area contributed by atoms with Crippen molar-refractivity contribution in [3.8, 4) is 5.75 Å². The van der Waals surface area contributed by atoms with Crippen molar-refractivity contribution in [1.29, 1.82) is 0 Å². The highest BCUT2D eigenvalue weighted by atomic mass is 35.5. The Balaban J connectivity index is 1.29. The summed E-state index contributed by atoms with van der Waals surface area (Å²) in [4.78, 5) is 45.0. The van der Waals surface area contributed by atoms with Crippen molar-refractivity contribution in [2.24, 2.45) is 34.7 Å². The normalized spacial score (nSPS) is 31.9. The zero-order chi connectivity index (χ0) is 22.1. The maximum absolute atomic E-state index is 13.4. The van der Waals surface area contributed by atoms with Crippen molar-refractivity contribution < 1.29 is 24.0 Å². The summed E-state index contributed by atoms with van der Waals surface area (Å²) in [5.41, 5.74) is 2.25. The lowest BCUT2D eigenvalue weighted by Crippen LogP contribution is -2.41. The van der Waals surface area contributed by atoms with E-state index in [0.29, 0.717) is 16.5 Å². The standard InChI is InChI=1S/C24H19ClN2O5/c1-11(28)31-15-8-6-14(7-9-15)27-23(29)18-16-10-17(19(18)24(27)30)22-20(16)21(26-32-22)12-2-4-13(25)5-3-12/h2-9,16-20,22H,10H2,1H3/t16-,17+,18-,19+,20+,22+/m1/s1. The number of esters is 1. The van der Waals surface area contributed by atoms with Crippen LogP contribution in [0.1, 0.15) is 18.9 Å². The second kappa shape index (κ2) is 6.90. The lowest BCUT2D eigenvalue weighted by atomic mass is 9.71. The molecular formula is C24H19ClN2O5. The minimum atomic E-state index is -0.429. The Bertz CT molecular complexity index is 1180. The highest BCUT2D eigenvalue weighted by Gasteiger charge is 2.70. The molecule has 0 N–H and O–H groups in total. The number of anilines is 1. The van der Waals surface area contributed by atoms with Gasteiger partial charge in [-0.2, -0.15) is 0 Å². The van der Waals surface area contributed by atoms with Gasteiger partial charge in [0.2, 0.25) is 11.8 Å². The van der Waals surface area contributed by atoms with Crippen LogP contribution in [0.25, 0.3) is 0 Å². The molecule has 2 heterocycles. The van der Waals surface area contributed by atoms with Gasteiger partial charge in [0.15, 0.2) is 0 Å². The molecule has 0 spiro atoms. The second-order valence-electron chi connectivity index (χ2n) is 8.79. The second-order valence-corrected chi connectivity index (χ2v) is 9.23. The molecule has 1 saturated heterocycles. The molecule has 0 aromatic heterocycles. The summed E-state index contributed by atoms with van der Waals surface area (Å²) in [6, 6.07) is 13.9. The van der Waals surface area contributed by atoms with E-state index in [4.69, 9.17) is 21.2 Å². The number of benzene rings is 2. The van der Waals surface area contributed by atoms with Crippen LogP contribution in [-0.4, -0.2) is 29.6 Å². The van der Waals surface area contributed by atoms with E-state index in [-0.39, 0.29) is 47.5 Å². The molecule has 0 unspecified atom stereocenters. The average Bonchev–Trinajstić information content (AvgIpc) is 3.50.